The number of ether oxygens (including phenoxy) is 1. The molecule has 0 saturated carbocycles. The molecule has 0 spiro atoms. The molecule has 0 amide bonds. The van der Waals surface area contributed by atoms with Gasteiger partial charge in [-0.25, -0.2) is 4.68 Å². The molecule has 0 saturated heterocycles. The van der Waals surface area contributed by atoms with Crippen LogP contribution >= 0.6 is 0 Å². The van der Waals surface area contributed by atoms with Crippen molar-refractivity contribution in [2.75, 3.05) is 12.3 Å². The number of phenols is 1. The highest BCUT2D eigenvalue weighted by Crippen LogP contribution is 2.25. The van der Waals surface area contributed by atoms with Crippen molar-refractivity contribution in [1.82, 2.24) is 9.78 Å². The molecule has 2 aromatic rings. The van der Waals surface area contributed by atoms with Crippen molar-refractivity contribution in [1.29, 1.82) is 0 Å². The highest BCUT2D eigenvalue weighted by molar-refractivity contribution is 5.51. The highest BCUT2D eigenvalue weighted by atomic mass is 16.5. The van der Waals surface area contributed by atoms with Crippen LogP contribution in [0.2, 0.25) is 0 Å². The fraction of sp³-hybridized carbons (Fsp3) is 0.250. The van der Waals surface area contributed by atoms with Gasteiger partial charge in [0, 0.05) is 12.0 Å². The first kappa shape index (κ1) is 10.2. The summed E-state index contributed by atoms with van der Waals surface area (Å²) in [6, 6.07) is 6.80. The molecular formula is C12H13N3O2. The quantitative estimate of drug-likeness (QED) is 0.774. The van der Waals surface area contributed by atoms with E-state index in [-0.39, 0.29) is 5.75 Å². The third kappa shape index (κ3) is 1.64. The summed E-state index contributed by atoms with van der Waals surface area (Å²) in [5, 5.41) is 13.7. The van der Waals surface area contributed by atoms with E-state index in [1.165, 1.54) is 0 Å². The van der Waals surface area contributed by atoms with E-state index in [1.54, 1.807) is 28.9 Å². The molecule has 5 nitrogen and oxygen atoms in total. The van der Waals surface area contributed by atoms with E-state index in [1.807, 2.05) is 0 Å². The molecule has 3 N–H and O–H groups in total. The summed E-state index contributed by atoms with van der Waals surface area (Å²) in [4.78, 5) is 0. The number of anilines is 1. The van der Waals surface area contributed by atoms with Gasteiger partial charge in [0.2, 0.25) is 0 Å². The number of aromatic nitrogens is 2. The average Bonchev–Trinajstić information content (AvgIpc) is 2.69. The SMILES string of the molecule is Nc1c2c(nn1-c1ccc(O)cc1)CCOC2. The molecule has 5 heteroatoms. The Bertz CT molecular complexity index is 546. The van der Waals surface area contributed by atoms with Gasteiger partial charge in [-0.2, -0.15) is 5.10 Å². The van der Waals surface area contributed by atoms with Crippen molar-refractivity contribution in [3.63, 3.8) is 0 Å². The van der Waals surface area contributed by atoms with Gasteiger partial charge in [0.1, 0.15) is 11.6 Å². The van der Waals surface area contributed by atoms with Crippen LogP contribution in [0.25, 0.3) is 5.69 Å². The molecule has 1 aromatic heterocycles. The number of aromatic hydroxyl groups is 1. The first-order chi connectivity index (χ1) is 8.25. The Hall–Kier alpha value is -2.01. The lowest BCUT2D eigenvalue weighted by Gasteiger charge is -2.10. The van der Waals surface area contributed by atoms with E-state index in [9.17, 15) is 5.11 Å². The third-order valence-corrected chi connectivity index (χ3v) is 2.93. The summed E-state index contributed by atoms with van der Waals surface area (Å²) in [5.41, 5.74) is 8.87. The van der Waals surface area contributed by atoms with E-state index in [0.29, 0.717) is 19.0 Å². The van der Waals surface area contributed by atoms with Gasteiger partial charge in [0.05, 0.1) is 24.6 Å². The van der Waals surface area contributed by atoms with Crippen LogP contribution in [0.15, 0.2) is 24.3 Å². The van der Waals surface area contributed by atoms with Crippen molar-refractivity contribution < 1.29 is 9.84 Å². The van der Waals surface area contributed by atoms with Gasteiger partial charge in [-0.3, -0.25) is 0 Å². The summed E-state index contributed by atoms with van der Waals surface area (Å²) in [6.07, 6.45) is 0.796. The molecular weight excluding hydrogens is 218 g/mol. The molecule has 1 aliphatic rings. The zero-order valence-corrected chi connectivity index (χ0v) is 9.26. The maximum absolute atomic E-state index is 9.25. The lowest BCUT2D eigenvalue weighted by Crippen LogP contribution is -2.09. The molecule has 17 heavy (non-hydrogen) atoms. The van der Waals surface area contributed by atoms with Crippen molar-refractivity contribution in [2.24, 2.45) is 0 Å². The number of phenolic OH excluding ortho intramolecular Hbond substituents is 1. The van der Waals surface area contributed by atoms with Gasteiger partial charge in [0.15, 0.2) is 0 Å². The molecule has 0 atom stereocenters. The monoisotopic (exact) mass is 231 g/mol. The molecule has 1 aliphatic heterocycles. The molecule has 2 heterocycles. The summed E-state index contributed by atoms with van der Waals surface area (Å²) in [6.45, 7) is 1.22. The summed E-state index contributed by atoms with van der Waals surface area (Å²) in [7, 11) is 0. The van der Waals surface area contributed by atoms with E-state index in [0.717, 1.165) is 23.4 Å². The van der Waals surface area contributed by atoms with Crippen LogP contribution in [-0.2, 0) is 17.8 Å². The molecule has 0 radical (unpaired) electrons. The number of nitrogens with two attached hydrogens (primary N) is 1. The van der Waals surface area contributed by atoms with E-state index in [4.69, 9.17) is 10.5 Å². The van der Waals surface area contributed by atoms with Crippen molar-refractivity contribution >= 4 is 5.82 Å². The largest absolute Gasteiger partial charge is 0.508 e. The minimum absolute atomic E-state index is 0.229. The first-order valence-corrected chi connectivity index (χ1v) is 5.49. The number of rotatable bonds is 1. The van der Waals surface area contributed by atoms with Gasteiger partial charge in [-0.05, 0) is 24.3 Å². The Morgan fingerprint density at radius 3 is 2.76 bits per heavy atom. The summed E-state index contributed by atoms with van der Waals surface area (Å²) in [5.74, 6) is 0.845. The highest BCUT2D eigenvalue weighted by Gasteiger charge is 2.19. The fourth-order valence-electron chi connectivity index (χ4n) is 2.00. The van der Waals surface area contributed by atoms with Crippen molar-refractivity contribution in [2.45, 2.75) is 13.0 Å². The van der Waals surface area contributed by atoms with Crippen LogP contribution in [0.3, 0.4) is 0 Å². The normalized spacial score (nSPS) is 14.6. The topological polar surface area (TPSA) is 73.3 Å². The van der Waals surface area contributed by atoms with Crippen molar-refractivity contribution in [3.8, 4) is 11.4 Å². The Labute approximate surface area is 98.4 Å². The van der Waals surface area contributed by atoms with Gasteiger partial charge in [-0.15, -0.1) is 0 Å². The van der Waals surface area contributed by atoms with Gasteiger partial charge in [0.25, 0.3) is 0 Å². The first-order valence-electron chi connectivity index (χ1n) is 5.49. The maximum Gasteiger partial charge on any atom is 0.133 e. The van der Waals surface area contributed by atoms with Crippen LogP contribution in [0.4, 0.5) is 5.82 Å². The molecule has 0 aliphatic carbocycles. The minimum Gasteiger partial charge on any atom is -0.508 e. The lowest BCUT2D eigenvalue weighted by atomic mass is 10.1. The number of nitrogens with zero attached hydrogens (tertiary/aromatic N) is 2. The Balaban J connectivity index is 2.09. The van der Waals surface area contributed by atoms with Crippen LogP contribution in [0.1, 0.15) is 11.3 Å². The van der Waals surface area contributed by atoms with E-state index in [2.05, 4.69) is 5.10 Å². The predicted molar refractivity (Wildman–Crippen MR) is 63.0 cm³/mol. The Morgan fingerprint density at radius 2 is 2.06 bits per heavy atom. The number of nitrogen functional groups attached to an aromatic ring is 1. The van der Waals surface area contributed by atoms with Crippen LogP contribution < -0.4 is 5.73 Å². The summed E-state index contributed by atoms with van der Waals surface area (Å²) >= 11 is 0. The van der Waals surface area contributed by atoms with Crippen molar-refractivity contribution in [3.05, 3.63) is 35.5 Å². The van der Waals surface area contributed by atoms with E-state index < -0.39 is 0 Å². The predicted octanol–water partition coefficient (Wildman–Crippen LogP) is 1.23. The van der Waals surface area contributed by atoms with E-state index >= 15 is 0 Å². The van der Waals surface area contributed by atoms with Crippen LogP contribution in [0.5, 0.6) is 5.75 Å². The smallest absolute Gasteiger partial charge is 0.133 e. The molecule has 0 bridgehead atoms. The van der Waals surface area contributed by atoms with Gasteiger partial charge in [-0.1, -0.05) is 0 Å². The standard InChI is InChI=1S/C12H13N3O2/c13-12-10-7-17-6-5-11(10)14-15(12)8-1-3-9(16)4-2-8/h1-4,16H,5-7,13H2. The second-order valence-corrected chi connectivity index (χ2v) is 4.04. The zero-order valence-electron chi connectivity index (χ0n) is 9.26. The second-order valence-electron chi connectivity index (χ2n) is 4.04. The zero-order chi connectivity index (χ0) is 11.8. The third-order valence-electron chi connectivity index (χ3n) is 2.93. The number of hydrogen-bond acceptors (Lipinski definition) is 4. The van der Waals surface area contributed by atoms with Crippen LogP contribution in [-0.4, -0.2) is 21.5 Å². The molecule has 88 valence electrons. The van der Waals surface area contributed by atoms with Gasteiger partial charge < -0.3 is 15.6 Å². The molecule has 3 rings (SSSR count). The molecule has 0 fully saturated rings. The number of benzene rings is 1. The maximum atomic E-state index is 9.25. The Kier molecular flexibility index (Phi) is 2.26. The Morgan fingerprint density at radius 1 is 1.29 bits per heavy atom. The summed E-state index contributed by atoms with van der Waals surface area (Å²) < 4.78 is 7.06. The number of hydrogen-bond donors (Lipinski definition) is 2. The van der Waals surface area contributed by atoms with Crippen LogP contribution in [0, 0.1) is 0 Å². The second kappa shape index (κ2) is 3.78. The lowest BCUT2D eigenvalue weighted by molar-refractivity contribution is 0.110. The number of fused-ring (bicyclic) bond motifs is 1. The molecule has 1 aromatic carbocycles. The fourth-order valence-corrected chi connectivity index (χ4v) is 2.00. The average molecular weight is 231 g/mol. The van der Waals surface area contributed by atoms with Gasteiger partial charge >= 0.3 is 0 Å². The minimum atomic E-state index is 0.229. The molecule has 0 unspecified atom stereocenters.